The van der Waals surface area contributed by atoms with Crippen LogP contribution in [0.4, 0.5) is 5.69 Å². The Kier molecular flexibility index (Phi) is 2.57. The summed E-state index contributed by atoms with van der Waals surface area (Å²) in [4.78, 5) is 14.2. The molecule has 0 fully saturated rings. The average molecular weight is 239 g/mol. The van der Waals surface area contributed by atoms with Crippen molar-refractivity contribution < 1.29 is 4.92 Å². The lowest BCUT2D eigenvalue weighted by molar-refractivity contribution is -0.384. The summed E-state index contributed by atoms with van der Waals surface area (Å²) >= 11 is 5.70. The van der Waals surface area contributed by atoms with Crippen molar-refractivity contribution in [2.24, 2.45) is 0 Å². The molecule has 0 spiro atoms. The molecule has 6 nitrogen and oxygen atoms in total. The van der Waals surface area contributed by atoms with E-state index in [0.29, 0.717) is 0 Å². The van der Waals surface area contributed by atoms with Crippen molar-refractivity contribution in [3.8, 4) is 5.82 Å². The van der Waals surface area contributed by atoms with Crippen LogP contribution >= 0.6 is 11.6 Å². The van der Waals surface area contributed by atoms with Crippen LogP contribution in [0.15, 0.2) is 24.4 Å². The predicted molar refractivity (Wildman–Crippen MR) is 57.8 cm³/mol. The van der Waals surface area contributed by atoms with Crippen molar-refractivity contribution in [2.45, 2.75) is 6.92 Å². The van der Waals surface area contributed by atoms with Gasteiger partial charge in [-0.2, -0.15) is 5.10 Å². The van der Waals surface area contributed by atoms with Gasteiger partial charge in [0.1, 0.15) is 5.15 Å². The van der Waals surface area contributed by atoms with Gasteiger partial charge in [0.05, 0.1) is 10.6 Å². The zero-order valence-corrected chi connectivity index (χ0v) is 9.05. The molecule has 0 saturated heterocycles. The van der Waals surface area contributed by atoms with E-state index in [1.54, 1.807) is 19.2 Å². The Morgan fingerprint density at radius 2 is 2.19 bits per heavy atom. The van der Waals surface area contributed by atoms with Gasteiger partial charge in [-0.15, -0.1) is 0 Å². The average Bonchev–Trinajstić information content (AvgIpc) is 2.64. The predicted octanol–water partition coefficient (Wildman–Crippen LogP) is 2.14. The molecule has 0 amide bonds. The van der Waals surface area contributed by atoms with E-state index >= 15 is 0 Å². The molecular weight excluding hydrogens is 232 g/mol. The van der Waals surface area contributed by atoms with Crippen molar-refractivity contribution >= 4 is 17.3 Å². The second-order valence-corrected chi connectivity index (χ2v) is 3.52. The van der Waals surface area contributed by atoms with E-state index in [9.17, 15) is 10.1 Å². The molecule has 0 N–H and O–H groups in total. The summed E-state index contributed by atoms with van der Waals surface area (Å²) < 4.78 is 1.33. The molecule has 0 aliphatic rings. The highest BCUT2D eigenvalue weighted by Gasteiger charge is 2.17. The van der Waals surface area contributed by atoms with E-state index in [-0.39, 0.29) is 16.7 Å². The molecule has 0 bridgehead atoms. The van der Waals surface area contributed by atoms with Crippen LogP contribution in [0.25, 0.3) is 5.82 Å². The number of aryl methyl sites for hydroxylation is 1. The van der Waals surface area contributed by atoms with Crippen LogP contribution in [0.2, 0.25) is 5.15 Å². The molecule has 2 rings (SSSR count). The SMILES string of the molecule is Cc1ccn(-c2nc(Cl)ccc2[N+](=O)[O-])n1. The molecular formula is C9H7ClN4O2. The van der Waals surface area contributed by atoms with Gasteiger partial charge in [-0.1, -0.05) is 11.6 Å². The molecule has 0 aliphatic carbocycles. The number of pyridine rings is 1. The van der Waals surface area contributed by atoms with Crippen LogP contribution in [-0.4, -0.2) is 19.7 Å². The van der Waals surface area contributed by atoms with Crippen LogP contribution in [0.5, 0.6) is 0 Å². The maximum atomic E-state index is 10.8. The van der Waals surface area contributed by atoms with Gasteiger partial charge in [-0.3, -0.25) is 10.1 Å². The van der Waals surface area contributed by atoms with Crippen molar-refractivity contribution in [2.75, 3.05) is 0 Å². The normalized spacial score (nSPS) is 10.4. The third-order valence-corrected chi connectivity index (χ3v) is 2.17. The number of rotatable bonds is 2. The fraction of sp³-hybridized carbons (Fsp3) is 0.111. The first-order chi connectivity index (χ1) is 7.58. The Morgan fingerprint density at radius 1 is 1.44 bits per heavy atom. The fourth-order valence-electron chi connectivity index (χ4n) is 1.26. The van der Waals surface area contributed by atoms with Gasteiger partial charge in [0.15, 0.2) is 0 Å². The Bertz CT molecular complexity index is 552. The molecule has 0 unspecified atom stereocenters. The molecule has 2 aromatic rings. The van der Waals surface area contributed by atoms with E-state index in [4.69, 9.17) is 11.6 Å². The lowest BCUT2D eigenvalue weighted by atomic mass is 10.4. The first kappa shape index (κ1) is 10.6. The summed E-state index contributed by atoms with van der Waals surface area (Å²) in [7, 11) is 0. The maximum Gasteiger partial charge on any atom is 0.313 e. The molecule has 0 aromatic carbocycles. The monoisotopic (exact) mass is 238 g/mol. The molecule has 7 heteroatoms. The third-order valence-electron chi connectivity index (χ3n) is 1.96. The molecule has 0 saturated carbocycles. The van der Waals surface area contributed by atoms with Crippen molar-refractivity contribution in [3.05, 3.63) is 45.4 Å². The highest BCUT2D eigenvalue weighted by molar-refractivity contribution is 6.29. The van der Waals surface area contributed by atoms with E-state index in [1.807, 2.05) is 0 Å². The molecule has 0 aliphatic heterocycles. The van der Waals surface area contributed by atoms with Gasteiger partial charge >= 0.3 is 5.69 Å². The minimum Gasteiger partial charge on any atom is -0.258 e. The Morgan fingerprint density at radius 3 is 2.75 bits per heavy atom. The molecule has 2 heterocycles. The van der Waals surface area contributed by atoms with Crippen molar-refractivity contribution in [1.29, 1.82) is 0 Å². The minimum atomic E-state index is -0.518. The molecule has 2 aromatic heterocycles. The van der Waals surface area contributed by atoms with E-state index in [1.165, 1.54) is 16.8 Å². The van der Waals surface area contributed by atoms with E-state index < -0.39 is 4.92 Å². The smallest absolute Gasteiger partial charge is 0.258 e. The van der Waals surface area contributed by atoms with Crippen LogP contribution in [0, 0.1) is 17.0 Å². The second-order valence-electron chi connectivity index (χ2n) is 3.14. The van der Waals surface area contributed by atoms with Crippen molar-refractivity contribution in [3.63, 3.8) is 0 Å². The number of nitrogens with zero attached hydrogens (tertiary/aromatic N) is 4. The van der Waals surface area contributed by atoms with Crippen LogP contribution in [0.3, 0.4) is 0 Å². The quantitative estimate of drug-likeness (QED) is 0.456. The molecule has 82 valence electrons. The van der Waals surface area contributed by atoms with Crippen LogP contribution in [0.1, 0.15) is 5.69 Å². The number of hydrogen-bond acceptors (Lipinski definition) is 4. The third kappa shape index (κ3) is 1.87. The van der Waals surface area contributed by atoms with Gasteiger partial charge in [0, 0.05) is 12.3 Å². The lowest BCUT2D eigenvalue weighted by Crippen LogP contribution is -2.03. The molecule has 16 heavy (non-hydrogen) atoms. The summed E-state index contributed by atoms with van der Waals surface area (Å²) in [6.45, 7) is 1.78. The van der Waals surface area contributed by atoms with Gasteiger partial charge < -0.3 is 0 Å². The summed E-state index contributed by atoms with van der Waals surface area (Å²) in [5.41, 5.74) is 0.614. The summed E-state index contributed by atoms with van der Waals surface area (Å²) in [6.07, 6.45) is 1.60. The minimum absolute atomic E-state index is 0.116. The highest BCUT2D eigenvalue weighted by atomic mass is 35.5. The van der Waals surface area contributed by atoms with Gasteiger partial charge in [-0.05, 0) is 19.1 Å². The van der Waals surface area contributed by atoms with Gasteiger partial charge in [0.25, 0.3) is 0 Å². The van der Waals surface area contributed by atoms with Gasteiger partial charge in [0.2, 0.25) is 5.82 Å². The Hall–Kier alpha value is -1.95. The van der Waals surface area contributed by atoms with Crippen molar-refractivity contribution in [1.82, 2.24) is 14.8 Å². The summed E-state index contributed by atoms with van der Waals surface area (Å²) in [5, 5.41) is 15.0. The number of nitro groups is 1. The standard InChI is InChI=1S/C9H7ClN4O2/c1-6-4-5-13(12-6)9-7(14(15)16)2-3-8(10)11-9/h2-5H,1H3. The number of halogens is 1. The molecule has 0 atom stereocenters. The van der Waals surface area contributed by atoms with E-state index in [0.717, 1.165) is 5.69 Å². The molecule has 0 radical (unpaired) electrons. The Balaban J connectivity index is 2.62. The van der Waals surface area contributed by atoms with Crippen LogP contribution < -0.4 is 0 Å². The Labute approximate surface area is 95.6 Å². The van der Waals surface area contributed by atoms with Gasteiger partial charge in [-0.25, -0.2) is 9.67 Å². The summed E-state index contributed by atoms with van der Waals surface area (Å²) in [5.74, 6) is 0.116. The van der Waals surface area contributed by atoms with E-state index in [2.05, 4.69) is 10.1 Å². The van der Waals surface area contributed by atoms with Crippen LogP contribution in [-0.2, 0) is 0 Å². The maximum absolute atomic E-state index is 10.8. The summed E-state index contributed by atoms with van der Waals surface area (Å²) in [6, 6.07) is 4.41. The lowest BCUT2D eigenvalue weighted by Gasteiger charge is -2.01. The fourth-order valence-corrected chi connectivity index (χ4v) is 1.41. The number of hydrogen-bond donors (Lipinski definition) is 0. The topological polar surface area (TPSA) is 73.8 Å². The zero-order chi connectivity index (χ0) is 11.7. The first-order valence-electron chi connectivity index (χ1n) is 4.41. The largest absolute Gasteiger partial charge is 0.313 e. The second kappa shape index (κ2) is 3.90. The highest BCUT2D eigenvalue weighted by Crippen LogP contribution is 2.22. The first-order valence-corrected chi connectivity index (χ1v) is 4.79. The number of aromatic nitrogens is 3. The zero-order valence-electron chi connectivity index (χ0n) is 8.29.